The van der Waals surface area contributed by atoms with E-state index in [1.165, 1.54) is 5.56 Å². The van der Waals surface area contributed by atoms with Crippen molar-refractivity contribution >= 4 is 5.96 Å². The Kier molecular flexibility index (Phi) is 7.68. The zero-order valence-corrected chi connectivity index (χ0v) is 16.1. The average Bonchev–Trinajstić information content (AvgIpc) is 3.15. The Hall–Kier alpha value is -2.38. The first-order chi connectivity index (χ1) is 13.3. The molecular formula is C20H30N6O. The van der Waals surface area contributed by atoms with E-state index < -0.39 is 0 Å². The maximum atomic E-state index is 5.38. The molecule has 27 heavy (non-hydrogen) atoms. The summed E-state index contributed by atoms with van der Waals surface area (Å²) in [4.78, 5) is 11.2. The van der Waals surface area contributed by atoms with Gasteiger partial charge in [-0.25, -0.2) is 4.98 Å². The van der Waals surface area contributed by atoms with E-state index in [1.807, 2.05) is 18.5 Å². The summed E-state index contributed by atoms with van der Waals surface area (Å²) in [7, 11) is 1.81. The highest BCUT2D eigenvalue weighted by Gasteiger charge is 2.10. The SMILES string of the molecule is CN=C(NCCc1nccn1Cc1ccccc1)NCCN1CCOCC1. The Morgan fingerprint density at radius 2 is 1.93 bits per heavy atom. The first-order valence-electron chi connectivity index (χ1n) is 9.63. The number of hydrogen-bond acceptors (Lipinski definition) is 4. The Labute approximate surface area is 161 Å². The van der Waals surface area contributed by atoms with Crippen LogP contribution in [-0.2, 0) is 17.7 Å². The van der Waals surface area contributed by atoms with Gasteiger partial charge >= 0.3 is 0 Å². The predicted octanol–water partition coefficient (Wildman–Crippen LogP) is 0.971. The fourth-order valence-corrected chi connectivity index (χ4v) is 3.16. The van der Waals surface area contributed by atoms with E-state index in [-0.39, 0.29) is 0 Å². The molecule has 0 atom stereocenters. The van der Waals surface area contributed by atoms with Crippen molar-refractivity contribution in [2.75, 3.05) is 53.0 Å². The predicted molar refractivity (Wildman–Crippen MR) is 108 cm³/mol. The molecule has 0 spiro atoms. The third kappa shape index (κ3) is 6.37. The van der Waals surface area contributed by atoms with Gasteiger partial charge in [-0.3, -0.25) is 9.89 Å². The minimum absolute atomic E-state index is 0.795. The van der Waals surface area contributed by atoms with E-state index in [0.717, 1.165) is 70.7 Å². The summed E-state index contributed by atoms with van der Waals surface area (Å²) < 4.78 is 7.58. The minimum Gasteiger partial charge on any atom is -0.379 e. The van der Waals surface area contributed by atoms with Gasteiger partial charge in [-0.05, 0) is 5.56 Å². The van der Waals surface area contributed by atoms with Crippen molar-refractivity contribution in [1.82, 2.24) is 25.1 Å². The van der Waals surface area contributed by atoms with Gasteiger partial charge in [-0.2, -0.15) is 0 Å². The summed E-state index contributed by atoms with van der Waals surface area (Å²) in [5.74, 6) is 1.92. The van der Waals surface area contributed by atoms with Crippen LogP contribution in [0.1, 0.15) is 11.4 Å². The van der Waals surface area contributed by atoms with Crippen molar-refractivity contribution in [3.8, 4) is 0 Å². The molecule has 1 aliphatic rings. The lowest BCUT2D eigenvalue weighted by Crippen LogP contribution is -2.44. The first-order valence-corrected chi connectivity index (χ1v) is 9.63. The van der Waals surface area contributed by atoms with Crippen molar-refractivity contribution in [2.24, 2.45) is 4.99 Å². The van der Waals surface area contributed by atoms with Crippen LogP contribution in [0, 0.1) is 0 Å². The highest BCUT2D eigenvalue weighted by Crippen LogP contribution is 2.05. The van der Waals surface area contributed by atoms with Crippen LogP contribution in [0.4, 0.5) is 0 Å². The number of nitrogens with one attached hydrogen (secondary N) is 2. The largest absolute Gasteiger partial charge is 0.379 e. The number of guanidine groups is 1. The van der Waals surface area contributed by atoms with E-state index in [9.17, 15) is 0 Å². The number of morpholine rings is 1. The highest BCUT2D eigenvalue weighted by molar-refractivity contribution is 5.79. The summed E-state index contributed by atoms with van der Waals surface area (Å²) in [6.07, 6.45) is 4.76. The van der Waals surface area contributed by atoms with E-state index in [1.54, 1.807) is 7.05 Å². The zero-order chi connectivity index (χ0) is 18.7. The van der Waals surface area contributed by atoms with Gasteiger partial charge in [0.2, 0.25) is 0 Å². The average molecular weight is 371 g/mol. The molecule has 0 saturated carbocycles. The quantitative estimate of drug-likeness (QED) is 0.535. The molecule has 2 N–H and O–H groups in total. The van der Waals surface area contributed by atoms with Crippen molar-refractivity contribution in [3.05, 3.63) is 54.1 Å². The molecule has 0 radical (unpaired) electrons. The van der Waals surface area contributed by atoms with E-state index in [4.69, 9.17) is 4.74 Å². The van der Waals surface area contributed by atoms with Crippen LogP contribution in [0.3, 0.4) is 0 Å². The third-order valence-electron chi connectivity index (χ3n) is 4.69. The fraction of sp³-hybridized carbons (Fsp3) is 0.500. The van der Waals surface area contributed by atoms with Gasteiger partial charge < -0.3 is 19.9 Å². The highest BCUT2D eigenvalue weighted by atomic mass is 16.5. The van der Waals surface area contributed by atoms with Gasteiger partial charge in [0.1, 0.15) is 5.82 Å². The van der Waals surface area contributed by atoms with E-state index in [0.29, 0.717) is 0 Å². The summed E-state index contributed by atoms with van der Waals surface area (Å²) in [5, 5.41) is 6.76. The summed E-state index contributed by atoms with van der Waals surface area (Å²) in [6, 6.07) is 10.5. The Morgan fingerprint density at radius 1 is 1.15 bits per heavy atom. The number of ether oxygens (including phenoxy) is 1. The van der Waals surface area contributed by atoms with Gasteiger partial charge in [0.25, 0.3) is 0 Å². The van der Waals surface area contributed by atoms with Gasteiger partial charge in [-0.1, -0.05) is 30.3 Å². The maximum Gasteiger partial charge on any atom is 0.191 e. The van der Waals surface area contributed by atoms with Gasteiger partial charge in [-0.15, -0.1) is 0 Å². The topological polar surface area (TPSA) is 66.7 Å². The lowest BCUT2D eigenvalue weighted by atomic mass is 10.2. The fourth-order valence-electron chi connectivity index (χ4n) is 3.16. The van der Waals surface area contributed by atoms with Gasteiger partial charge in [0.15, 0.2) is 5.96 Å². The van der Waals surface area contributed by atoms with Crippen molar-refractivity contribution in [3.63, 3.8) is 0 Å². The van der Waals surface area contributed by atoms with Crippen LogP contribution < -0.4 is 10.6 Å². The molecule has 3 rings (SSSR count). The van der Waals surface area contributed by atoms with Crippen LogP contribution in [0.15, 0.2) is 47.7 Å². The molecule has 0 unspecified atom stereocenters. The maximum absolute atomic E-state index is 5.38. The molecule has 2 heterocycles. The number of aromatic nitrogens is 2. The molecule has 0 bridgehead atoms. The molecule has 7 heteroatoms. The normalized spacial score (nSPS) is 15.7. The Morgan fingerprint density at radius 3 is 2.70 bits per heavy atom. The molecule has 7 nitrogen and oxygen atoms in total. The van der Waals surface area contributed by atoms with Crippen LogP contribution >= 0.6 is 0 Å². The van der Waals surface area contributed by atoms with Crippen LogP contribution in [-0.4, -0.2) is 73.4 Å². The second-order valence-corrected chi connectivity index (χ2v) is 6.59. The summed E-state index contributed by atoms with van der Waals surface area (Å²) >= 11 is 0. The van der Waals surface area contributed by atoms with Gasteiger partial charge in [0, 0.05) is 65.1 Å². The second-order valence-electron chi connectivity index (χ2n) is 6.59. The monoisotopic (exact) mass is 370 g/mol. The molecule has 1 aromatic carbocycles. The van der Waals surface area contributed by atoms with Crippen molar-refractivity contribution < 1.29 is 4.74 Å². The molecule has 146 valence electrons. The molecule has 2 aromatic rings. The molecular weight excluding hydrogens is 340 g/mol. The van der Waals surface area contributed by atoms with Crippen LogP contribution in [0.5, 0.6) is 0 Å². The lowest BCUT2D eigenvalue weighted by molar-refractivity contribution is 0.0389. The van der Waals surface area contributed by atoms with Crippen molar-refractivity contribution in [1.29, 1.82) is 0 Å². The molecule has 1 aliphatic heterocycles. The second kappa shape index (κ2) is 10.7. The van der Waals surface area contributed by atoms with Gasteiger partial charge in [0.05, 0.1) is 13.2 Å². The van der Waals surface area contributed by atoms with Crippen LogP contribution in [0.2, 0.25) is 0 Å². The zero-order valence-electron chi connectivity index (χ0n) is 16.1. The standard InChI is InChI=1S/C20H30N6O/c1-21-20(24-9-11-25-13-15-27-16-14-25)23-8-7-19-22-10-12-26(19)17-18-5-3-2-4-6-18/h2-6,10,12H,7-9,11,13-17H2,1H3,(H2,21,23,24). The van der Waals surface area contributed by atoms with Crippen LogP contribution in [0.25, 0.3) is 0 Å². The molecule has 1 aromatic heterocycles. The van der Waals surface area contributed by atoms with E-state index in [2.05, 4.69) is 54.3 Å². The number of imidazole rings is 1. The first kappa shape index (κ1) is 19.4. The number of rotatable bonds is 8. The smallest absolute Gasteiger partial charge is 0.191 e. The molecule has 0 amide bonds. The minimum atomic E-state index is 0.795. The number of hydrogen-bond donors (Lipinski definition) is 2. The third-order valence-corrected chi connectivity index (χ3v) is 4.69. The summed E-state index contributed by atoms with van der Waals surface area (Å²) in [6.45, 7) is 7.22. The molecule has 1 fully saturated rings. The number of nitrogens with zero attached hydrogens (tertiary/aromatic N) is 4. The Balaban J connectivity index is 1.39. The van der Waals surface area contributed by atoms with E-state index >= 15 is 0 Å². The molecule has 1 saturated heterocycles. The lowest BCUT2D eigenvalue weighted by Gasteiger charge is -2.26. The Bertz CT molecular complexity index is 694. The van der Waals surface area contributed by atoms with Crippen molar-refractivity contribution in [2.45, 2.75) is 13.0 Å². The summed E-state index contributed by atoms with van der Waals surface area (Å²) in [5.41, 5.74) is 1.28. The molecule has 0 aliphatic carbocycles. The number of benzene rings is 1. The number of aliphatic imine (C=N–C) groups is 1.